The molecule has 86 valence electrons. The highest BCUT2D eigenvalue weighted by molar-refractivity contribution is 5.70. The Kier molecular flexibility index (Phi) is 2.36. The van der Waals surface area contributed by atoms with E-state index >= 15 is 0 Å². The van der Waals surface area contributed by atoms with Gasteiger partial charge in [-0.3, -0.25) is 4.98 Å². The Hall–Kier alpha value is -1.83. The minimum absolute atomic E-state index is 0.609. The highest BCUT2D eigenvalue weighted by atomic mass is 15.1. The molecule has 0 N–H and O–H groups in total. The fourth-order valence-electron chi connectivity index (χ4n) is 2.51. The number of nitrogens with zero attached hydrogens (tertiary/aromatic N) is 2. The van der Waals surface area contributed by atoms with E-state index in [-0.39, 0.29) is 0 Å². The van der Waals surface area contributed by atoms with Crippen LogP contribution in [0.3, 0.4) is 0 Å². The Labute approximate surface area is 102 Å². The summed E-state index contributed by atoms with van der Waals surface area (Å²) in [6.07, 6.45) is 4.83. The molecule has 2 heteroatoms. The molecule has 17 heavy (non-hydrogen) atoms. The van der Waals surface area contributed by atoms with Crippen molar-refractivity contribution in [2.24, 2.45) is 0 Å². The van der Waals surface area contributed by atoms with Gasteiger partial charge in [0.05, 0.1) is 0 Å². The van der Waals surface area contributed by atoms with Crippen LogP contribution in [0.4, 0.5) is 5.69 Å². The van der Waals surface area contributed by atoms with Gasteiger partial charge >= 0.3 is 0 Å². The van der Waals surface area contributed by atoms with Gasteiger partial charge < -0.3 is 4.90 Å². The van der Waals surface area contributed by atoms with Crippen molar-refractivity contribution in [2.45, 2.75) is 19.4 Å². The molecule has 0 amide bonds. The van der Waals surface area contributed by atoms with E-state index in [2.05, 4.69) is 54.2 Å². The third-order valence-corrected chi connectivity index (χ3v) is 3.65. The number of rotatable bonds is 1. The minimum atomic E-state index is 0.609. The van der Waals surface area contributed by atoms with Gasteiger partial charge in [0.1, 0.15) is 0 Å². The van der Waals surface area contributed by atoms with E-state index in [9.17, 15) is 0 Å². The molecule has 1 atom stereocenters. The maximum atomic E-state index is 4.06. The lowest BCUT2D eigenvalue weighted by atomic mass is 10.0. The number of hydrogen-bond acceptors (Lipinski definition) is 2. The summed E-state index contributed by atoms with van der Waals surface area (Å²) in [6.45, 7) is 2.27. The zero-order valence-electron chi connectivity index (χ0n) is 10.2. The predicted molar refractivity (Wildman–Crippen MR) is 71.2 cm³/mol. The monoisotopic (exact) mass is 224 g/mol. The first kappa shape index (κ1) is 10.3. The third-order valence-electron chi connectivity index (χ3n) is 3.65. The van der Waals surface area contributed by atoms with Crippen molar-refractivity contribution in [3.63, 3.8) is 0 Å². The topological polar surface area (TPSA) is 16.1 Å². The molecule has 2 nitrogen and oxygen atoms in total. The minimum Gasteiger partial charge on any atom is -0.371 e. The molecular formula is C15H16N2. The number of aromatic nitrogens is 1. The van der Waals surface area contributed by atoms with Crippen molar-refractivity contribution in [1.82, 2.24) is 4.98 Å². The van der Waals surface area contributed by atoms with Crippen molar-refractivity contribution >= 4 is 5.69 Å². The Balaban J connectivity index is 2.04. The van der Waals surface area contributed by atoms with Crippen LogP contribution in [0.5, 0.6) is 0 Å². The molecule has 1 aliphatic heterocycles. The van der Waals surface area contributed by atoms with Crippen LogP contribution in [0.1, 0.15) is 12.5 Å². The molecule has 0 radical (unpaired) electrons. The van der Waals surface area contributed by atoms with Gasteiger partial charge in [-0.2, -0.15) is 0 Å². The fourth-order valence-corrected chi connectivity index (χ4v) is 2.51. The van der Waals surface area contributed by atoms with Crippen molar-refractivity contribution in [3.8, 4) is 11.1 Å². The van der Waals surface area contributed by atoms with E-state index in [0.29, 0.717) is 6.04 Å². The van der Waals surface area contributed by atoms with Crippen molar-refractivity contribution in [3.05, 3.63) is 48.3 Å². The second-order valence-corrected chi connectivity index (χ2v) is 4.74. The lowest BCUT2D eigenvalue weighted by Crippen LogP contribution is -2.23. The second kappa shape index (κ2) is 3.88. The smallest absolute Gasteiger partial charge is 0.0399 e. The number of fused-ring (bicyclic) bond motifs is 1. The quantitative estimate of drug-likeness (QED) is 0.739. The first-order chi connectivity index (χ1) is 8.25. The van der Waals surface area contributed by atoms with Crippen LogP contribution in [0.25, 0.3) is 11.1 Å². The molecule has 0 spiro atoms. The Morgan fingerprint density at radius 1 is 1.12 bits per heavy atom. The highest BCUT2D eigenvalue weighted by Gasteiger charge is 2.22. The van der Waals surface area contributed by atoms with Crippen molar-refractivity contribution < 1.29 is 0 Å². The van der Waals surface area contributed by atoms with Gasteiger partial charge in [-0.25, -0.2) is 0 Å². The number of likely N-dealkylation sites (N-methyl/N-ethyl adjacent to an activating group) is 1. The van der Waals surface area contributed by atoms with Gasteiger partial charge in [0.2, 0.25) is 0 Å². The summed E-state index contributed by atoms with van der Waals surface area (Å²) in [6, 6.07) is 11.5. The third kappa shape index (κ3) is 1.70. The molecule has 1 aromatic heterocycles. The molecule has 1 aliphatic rings. The van der Waals surface area contributed by atoms with E-state index in [4.69, 9.17) is 0 Å². The summed E-state index contributed by atoms with van der Waals surface area (Å²) in [7, 11) is 2.17. The van der Waals surface area contributed by atoms with Crippen molar-refractivity contribution in [2.75, 3.05) is 11.9 Å². The summed E-state index contributed by atoms with van der Waals surface area (Å²) in [4.78, 5) is 6.41. The summed E-state index contributed by atoms with van der Waals surface area (Å²) < 4.78 is 0. The van der Waals surface area contributed by atoms with Gasteiger partial charge in [0.25, 0.3) is 0 Å². The maximum Gasteiger partial charge on any atom is 0.0399 e. The lowest BCUT2D eigenvalue weighted by molar-refractivity contribution is 0.732. The Morgan fingerprint density at radius 2 is 1.88 bits per heavy atom. The number of benzene rings is 1. The summed E-state index contributed by atoms with van der Waals surface area (Å²) in [5.74, 6) is 0. The molecule has 0 saturated heterocycles. The Morgan fingerprint density at radius 3 is 2.65 bits per heavy atom. The molecule has 0 aliphatic carbocycles. The molecule has 0 bridgehead atoms. The number of anilines is 1. The van der Waals surface area contributed by atoms with E-state index in [1.807, 2.05) is 12.4 Å². The molecule has 0 fully saturated rings. The van der Waals surface area contributed by atoms with Crippen LogP contribution in [0.2, 0.25) is 0 Å². The van der Waals surface area contributed by atoms with Gasteiger partial charge in [-0.1, -0.05) is 6.07 Å². The summed E-state index contributed by atoms with van der Waals surface area (Å²) in [5, 5.41) is 0. The maximum absolute atomic E-state index is 4.06. The van der Waals surface area contributed by atoms with Gasteiger partial charge in [-0.15, -0.1) is 0 Å². The predicted octanol–water partition coefficient (Wildman–Crippen LogP) is 3.13. The van der Waals surface area contributed by atoms with Crippen LogP contribution in [0, 0.1) is 0 Å². The van der Waals surface area contributed by atoms with Crippen LogP contribution in [-0.4, -0.2) is 18.1 Å². The van der Waals surface area contributed by atoms with Gasteiger partial charge in [0, 0.05) is 31.2 Å². The van der Waals surface area contributed by atoms with E-state index in [0.717, 1.165) is 6.42 Å². The van der Waals surface area contributed by atoms with Crippen LogP contribution in [-0.2, 0) is 6.42 Å². The molecule has 0 unspecified atom stereocenters. The van der Waals surface area contributed by atoms with Gasteiger partial charge in [0.15, 0.2) is 0 Å². The Bertz CT molecular complexity index is 534. The first-order valence-corrected chi connectivity index (χ1v) is 6.02. The lowest BCUT2D eigenvalue weighted by Gasteiger charge is -2.18. The average Bonchev–Trinajstić information content (AvgIpc) is 2.66. The molecule has 2 heterocycles. The average molecular weight is 224 g/mol. The molecule has 2 aromatic rings. The van der Waals surface area contributed by atoms with E-state index < -0.39 is 0 Å². The number of hydrogen-bond donors (Lipinski definition) is 0. The van der Waals surface area contributed by atoms with E-state index in [1.165, 1.54) is 22.4 Å². The highest BCUT2D eigenvalue weighted by Crippen LogP contribution is 2.33. The SMILES string of the molecule is C[C@H]1Cc2cc(-c3ccncc3)ccc2N1C. The largest absolute Gasteiger partial charge is 0.371 e. The molecule has 1 aromatic carbocycles. The summed E-state index contributed by atoms with van der Waals surface area (Å²) >= 11 is 0. The zero-order chi connectivity index (χ0) is 11.8. The zero-order valence-corrected chi connectivity index (χ0v) is 10.2. The first-order valence-electron chi connectivity index (χ1n) is 6.02. The van der Waals surface area contributed by atoms with Crippen LogP contribution >= 0.6 is 0 Å². The van der Waals surface area contributed by atoms with Gasteiger partial charge in [-0.05, 0) is 54.3 Å². The van der Waals surface area contributed by atoms with Crippen LogP contribution in [0.15, 0.2) is 42.7 Å². The molecule has 0 saturated carbocycles. The summed E-state index contributed by atoms with van der Waals surface area (Å²) in [5.41, 5.74) is 5.35. The molecule has 3 rings (SSSR count). The molecular weight excluding hydrogens is 208 g/mol. The van der Waals surface area contributed by atoms with Crippen LogP contribution < -0.4 is 4.90 Å². The standard InChI is InChI=1S/C15H16N2/c1-11-9-14-10-13(3-4-15(14)17(11)2)12-5-7-16-8-6-12/h3-8,10-11H,9H2,1-2H3/t11-/m0/s1. The van der Waals surface area contributed by atoms with E-state index in [1.54, 1.807) is 0 Å². The fraction of sp³-hybridized carbons (Fsp3) is 0.267. The van der Waals surface area contributed by atoms with Crippen molar-refractivity contribution in [1.29, 1.82) is 0 Å². The number of pyridine rings is 1. The second-order valence-electron chi connectivity index (χ2n) is 4.74. The normalized spacial score (nSPS) is 18.2.